The largest absolute Gasteiger partial charge is 0.494 e. The molecule has 2 heteroatoms. The second-order valence-electron chi connectivity index (χ2n) is 4.38. The lowest BCUT2D eigenvalue weighted by Gasteiger charge is -2.05. The molecule has 0 aliphatic heterocycles. The molecule has 1 aromatic carbocycles. The van der Waals surface area contributed by atoms with Crippen molar-refractivity contribution in [3.63, 3.8) is 0 Å². The summed E-state index contributed by atoms with van der Waals surface area (Å²) in [4.78, 5) is 4.00. The molecule has 0 aliphatic rings. The van der Waals surface area contributed by atoms with E-state index >= 15 is 0 Å². The van der Waals surface area contributed by atoms with Crippen LogP contribution in [-0.2, 0) is 0 Å². The summed E-state index contributed by atoms with van der Waals surface area (Å²) in [6.07, 6.45) is 10.0. The van der Waals surface area contributed by atoms with Gasteiger partial charge in [0, 0.05) is 12.4 Å². The van der Waals surface area contributed by atoms with Crippen LogP contribution in [0.2, 0.25) is 0 Å². The van der Waals surface area contributed by atoms with Gasteiger partial charge < -0.3 is 4.74 Å². The summed E-state index contributed by atoms with van der Waals surface area (Å²) in [5, 5.41) is 0. The van der Waals surface area contributed by atoms with E-state index in [2.05, 4.69) is 36.2 Å². The quantitative estimate of drug-likeness (QED) is 0.710. The topological polar surface area (TPSA) is 22.1 Å². The van der Waals surface area contributed by atoms with Crippen molar-refractivity contribution >= 4 is 12.2 Å². The smallest absolute Gasteiger partial charge is 0.119 e. The molecule has 98 valence electrons. The first-order valence-electron chi connectivity index (χ1n) is 6.69. The molecule has 0 unspecified atom stereocenters. The molecule has 0 saturated carbocycles. The van der Waals surface area contributed by atoms with Crippen molar-refractivity contribution in [2.45, 2.75) is 19.8 Å². The molecule has 1 heterocycles. The third-order valence-corrected chi connectivity index (χ3v) is 2.82. The molecular formula is C17H19NO. The summed E-state index contributed by atoms with van der Waals surface area (Å²) < 4.78 is 5.63. The average molecular weight is 253 g/mol. The van der Waals surface area contributed by atoms with Gasteiger partial charge in [0.1, 0.15) is 5.75 Å². The van der Waals surface area contributed by atoms with E-state index in [1.165, 1.54) is 5.56 Å². The Kier molecular flexibility index (Phi) is 5.17. The van der Waals surface area contributed by atoms with Gasteiger partial charge in [-0.05, 0) is 41.8 Å². The molecule has 2 rings (SSSR count). The lowest BCUT2D eigenvalue weighted by molar-refractivity contribution is 0.309. The number of benzene rings is 1. The first-order valence-corrected chi connectivity index (χ1v) is 6.69. The van der Waals surface area contributed by atoms with Crippen LogP contribution in [0.25, 0.3) is 12.2 Å². The highest BCUT2D eigenvalue weighted by atomic mass is 16.5. The lowest BCUT2D eigenvalue weighted by Crippen LogP contribution is -1.95. The second kappa shape index (κ2) is 7.37. The third-order valence-electron chi connectivity index (χ3n) is 2.82. The Balaban J connectivity index is 1.93. The summed E-state index contributed by atoms with van der Waals surface area (Å²) >= 11 is 0. The van der Waals surface area contributed by atoms with Crippen molar-refractivity contribution in [2.75, 3.05) is 6.61 Å². The van der Waals surface area contributed by atoms with E-state index in [0.717, 1.165) is 30.8 Å². The molecule has 0 fully saturated rings. The van der Waals surface area contributed by atoms with Crippen LogP contribution in [0, 0.1) is 0 Å². The van der Waals surface area contributed by atoms with Crippen molar-refractivity contribution in [1.29, 1.82) is 0 Å². The van der Waals surface area contributed by atoms with Gasteiger partial charge in [0.2, 0.25) is 0 Å². The van der Waals surface area contributed by atoms with Crippen LogP contribution < -0.4 is 4.74 Å². The fourth-order valence-electron chi connectivity index (χ4n) is 1.68. The van der Waals surface area contributed by atoms with Crippen LogP contribution in [0.1, 0.15) is 30.9 Å². The number of hydrogen-bond acceptors (Lipinski definition) is 2. The van der Waals surface area contributed by atoms with Crippen molar-refractivity contribution in [3.8, 4) is 5.75 Å². The number of aromatic nitrogens is 1. The van der Waals surface area contributed by atoms with Gasteiger partial charge >= 0.3 is 0 Å². The zero-order valence-electron chi connectivity index (χ0n) is 11.3. The lowest BCUT2D eigenvalue weighted by atomic mass is 10.1. The highest BCUT2D eigenvalue weighted by molar-refractivity contribution is 5.69. The Bertz CT molecular complexity index is 503. The van der Waals surface area contributed by atoms with Gasteiger partial charge in [-0.15, -0.1) is 0 Å². The maximum atomic E-state index is 5.63. The van der Waals surface area contributed by atoms with E-state index in [-0.39, 0.29) is 0 Å². The highest BCUT2D eigenvalue weighted by Crippen LogP contribution is 2.14. The number of hydrogen-bond donors (Lipinski definition) is 0. The monoisotopic (exact) mass is 253 g/mol. The minimum atomic E-state index is 0.794. The zero-order chi connectivity index (χ0) is 13.3. The van der Waals surface area contributed by atoms with Gasteiger partial charge in [-0.2, -0.15) is 0 Å². The first-order chi connectivity index (χ1) is 9.38. The van der Waals surface area contributed by atoms with Crippen molar-refractivity contribution in [3.05, 3.63) is 59.9 Å². The Morgan fingerprint density at radius 1 is 0.947 bits per heavy atom. The van der Waals surface area contributed by atoms with E-state index < -0.39 is 0 Å². The summed E-state index contributed by atoms with van der Waals surface area (Å²) in [7, 11) is 0. The molecule has 0 saturated heterocycles. The standard InChI is InChI=1S/C17H19NO/c1-2-3-14-19-17-8-6-15(7-9-17)4-5-16-10-12-18-13-11-16/h4-13H,2-3,14H2,1H3. The first kappa shape index (κ1) is 13.3. The third kappa shape index (κ3) is 4.59. The molecule has 2 nitrogen and oxygen atoms in total. The van der Waals surface area contributed by atoms with Crippen LogP contribution >= 0.6 is 0 Å². The van der Waals surface area contributed by atoms with Gasteiger partial charge in [-0.25, -0.2) is 0 Å². The van der Waals surface area contributed by atoms with Crippen LogP contribution in [0.15, 0.2) is 48.8 Å². The second-order valence-corrected chi connectivity index (χ2v) is 4.38. The van der Waals surface area contributed by atoms with Crippen LogP contribution in [-0.4, -0.2) is 11.6 Å². The van der Waals surface area contributed by atoms with Crippen molar-refractivity contribution in [2.24, 2.45) is 0 Å². The molecule has 1 aromatic heterocycles. The zero-order valence-corrected chi connectivity index (χ0v) is 11.3. The normalized spacial score (nSPS) is 10.8. The Morgan fingerprint density at radius 2 is 1.58 bits per heavy atom. The number of pyridine rings is 1. The molecule has 0 radical (unpaired) electrons. The molecule has 19 heavy (non-hydrogen) atoms. The fraction of sp³-hybridized carbons (Fsp3) is 0.235. The summed E-state index contributed by atoms with van der Waals surface area (Å²) in [6, 6.07) is 12.1. The van der Waals surface area contributed by atoms with Crippen LogP contribution in [0.4, 0.5) is 0 Å². The van der Waals surface area contributed by atoms with E-state index in [4.69, 9.17) is 4.74 Å². The number of rotatable bonds is 6. The Hall–Kier alpha value is -2.09. The van der Waals surface area contributed by atoms with Gasteiger partial charge in [-0.3, -0.25) is 4.98 Å². The summed E-state index contributed by atoms with van der Waals surface area (Å²) in [6.45, 7) is 2.96. The predicted octanol–water partition coefficient (Wildman–Crippen LogP) is 4.43. The van der Waals surface area contributed by atoms with Gasteiger partial charge in [-0.1, -0.05) is 37.6 Å². The van der Waals surface area contributed by atoms with Gasteiger partial charge in [0.15, 0.2) is 0 Å². The Morgan fingerprint density at radius 3 is 2.21 bits per heavy atom. The van der Waals surface area contributed by atoms with Crippen molar-refractivity contribution < 1.29 is 4.74 Å². The van der Waals surface area contributed by atoms with Crippen molar-refractivity contribution in [1.82, 2.24) is 4.98 Å². The van der Waals surface area contributed by atoms with Crippen LogP contribution in [0.5, 0.6) is 5.75 Å². The fourth-order valence-corrected chi connectivity index (χ4v) is 1.68. The van der Waals surface area contributed by atoms with E-state index in [1.807, 2.05) is 24.3 Å². The minimum absolute atomic E-state index is 0.794. The minimum Gasteiger partial charge on any atom is -0.494 e. The summed E-state index contributed by atoms with van der Waals surface area (Å²) in [5.41, 5.74) is 2.32. The molecular weight excluding hydrogens is 234 g/mol. The number of ether oxygens (including phenoxy) is 1. The molecule has 0 spiro atoms. The molecule has 0 amide bonds. The average Bonchev–Trinajstić information content (AvgIpc) is 2.48. The van der Waals surface area contributed by atoms with E-state index in [1.54, 1.807) is 12.4 Å². The predicted molar refractivity (Wildman–Crippen MR) is 80.0 cm³/mol. The van der Waals surface area contributed by atoms with Crippen LogP contribution in [0.3, 0.4) is 0 Å². The summed E-state index contributed by atoms with van der Waals surface area (Å²) in [5.74, 6) is 0.939. The number of nitrogens with zero attached hydrogens (tertiary/aromatic N) is 1. The maximum absolute atomic E-state index is 5.63. The molecule has 0 bridgehead atoms. The molecule has 2 aromatic rings. The van der Waals surface area contributed by atoms with E-state index in [0.29, 0.717) is 0 Å². The van der Waals surface area contributed by atoms with E-state index in [9.17, 15) is 0 Å². The van der Waals surface area contributed by atoms with Gasteiger partial charge in [0.05, 0.1) is 6.61 Å². The number of unbranched alkanes of at least 4 members (excludes halogenated alkanes) is 1. The molecule has 0 N–H and O–H groups in total. The molecule has 0 aliphatic carbocycles. The highest BCUT2D eigenvalue weighted by Gasteiger charge is 1.93. The molecule has 0 atom stereocenters. The maximum Gasteiger partial charge on any atom is 0.119 e. The van der Waals surface area contributed by atoms with Gasteiger partial charge in [0.25, 0.3) is 0 Å². The SMILES string of the molecule is CCCCOc1ccc(C=Cc2ccncc2)cc1. The Labute approximate surface area is 114 Å².